The number of nitrogens with zero attached hydrogens (tertiary/aromatic N) is 2. The van der Waals surface area contributed by atoms with Gasteiger partial charge in [0.2, 0.25) is 0 Å². The van der Waals surface area contributed by atoms with Crippen LogP contribution in [0.2, 0.25) is 0 Å². The lowest BCUT2D eigenvalue weighted by Gasteiger charge is -2.39. The van der Waals surface area contributed by atoms with Crippen molar-refractivity contribution in [3.05, 3.63) is 28.9 Å². The number of pyridine rings is 1. The van der Waals surface area contributed by atoms with Crippen LogP contribution < -0.4 is 11.2 Å². The molecule has 1 saturated heterocycles. The summed E-state index contributed by atoms with van der Waals surface area (Å²) in [5, 5.41) is 3.32. The van der Waals surface area contributed by atoms with E-state index < -0.39 is 0 Å². The first-order valence-corrected chi connectivity index (χ1v) is 8.24. The minimum absolute atomic E-state index is 0.525. The molecule has 0 spiro atoms. The first-order chi connectivity index (χ1) is 10.1. The van der Waals surface area contributed by atoms with E-state index >= 15 is 0 Å². The van der Waals surface area contributed by atoms with Crippen LogP contribution in [-0.2, 0) is 0 Å². The summed E-state index contributed by atoms with van der Waals surface area (Å²) >= 11 is 3.46. The van der Waals surface area contributed by atoms with E-state index in [2.05, 4.69) is 45.2 Å². The summed E-state index contributed by atoms with van der Waals surface area (Å²) < 4.78 is 0.943. The van der Waals surface area contributed by atoms with Gasteiger partial charge in [0.05, 0.1) is 11.2 Å². The molecule has 1 aromatic heterocycles. The number of aromatic nitrogens is 1. The second kappa shape index (κ2) is 5.81. The molecule has 3 N–H and O–H groups in total. The molecule has 112 valence electrons. The molecule has 1 aromatic carbocycles. The first-order valence-electron chi connectivity index (χ1n) is 7.45. The fourth-order valence-electron chi connectivity index (χ4n) is 3.09. The Balaban J connectivity index is 1.99. The van der Waals surface area contributed by atoms with Crippen molar-refractivity contribution >= 4 is 38.2 Å². The van der Waals surface area contributed by atoms with Gasteiger partial charge in [0.1, 0.15) is 0 Å². The van der Waals surface area contributed by atoms with E-state index in [1.54, 1.807) is 0 Å². The molecular weight excluding hydrogens is 328 g/mol. The molecule has 0 bridgehead atoms. The van der Waals surface area contributed by atoms with Crippen molar-refractivity contribution in [2.24, 2.45) is 0 Å². The third-order valence-electron chi connectivity index (χ3n) is 4.29. The summed E-state index contributed by atoms with van der Waals surface area (Å²) in [5.41, 5.74) is 12.3. The Kier molecular flexibility index (Phi) is 4.04. The predicted molar refractivity (Wildman–Crippen MR) is 92.1 cm³/mol. The maximum atomic E-state index is 6.08. The number of nitrogens with two attached hydrogens (primary N) is 1. The van der Waals surface area contributed by atoms with Crippen molar-refractivity contribution in [1.82, 2.24) is 9.99 Å². The van der Waals surface area contributed by atoms with E-state index in [0.29, 0.717) is 12.1 Å². The van der Waals surface area contributed by atoms with Crippen molar-refractivity contribution in [2.75, 3.05) is 11.2 Å². The number of piperidine rings is 1. The lowest BCUT2D eigenvalue weighted by Crippen LogP contribution is -2.47. The number of nitrogens with one attached hydrogen (secondary N) is 1. The van der Waals surface area contributed by atoms with Crippen molar-refractivity contribution < 1.29 is 0 Å². The van der Waals surface area contributed by atoms with Gasteiger partial charge in [0.15, 0.2) is 0 Å². The van der Waals surface area contributed by atoms with Crippen LogP contribution in [0.15, 0.2) is 28.9 Å². The second-order valence-corrected chi connectivity index (χ2v) is 6.82. The molecule has 1 fully saturated rings. The number of benzene rings is 1. The fourth-order valence-corrected chi connectivity index (χ4v) is 3.42. The highest BCUT2D eigenvalue weighted by molar-refractivity contribution is 9.10. The van der Waals surface area contributed by atoms with E-state index in [0.717, 1.165) is 26.8 Å². The Bertz CT molecular complexity index is 648. The van der Waals surface area contributed by atoms with E-state index in [-0.39, 0.29) is 0 Å². The smallest absolute Gasteiger partial charge is 0.0968 e. The number of fused-ring (bicyclic) bond motifs is 1. The summed E-state index contributed by atoms with van der Waals surface area (Å²) in [4.78, 5) is 4.54. The number of anilines is 2. The molecule has 2 heterocycles. The highest BCUT2D eigenvalue weighted by atomic mass is 79.9. The van der Waals surface area contributed by atoms with Gasteiger partial charge in [-0.2, -0.15) is 0 Å². The molecule has 2 aromatic rings. The average molecular weight is 349 g/mol. The van der Waals surface area contributed by atoms with E-state index in [4.69, 9.17) is 5.73 Å². The van der Waals surface area contributed by atoms with Gasteiger partial charge in [0.25, 0.3) is 0 Å². The maximum absolute atomic E-state index is 6.08. The largest absolute Gasteiger partial charge is 0.398 e. The van der Waals surface area contributed by atoms with Crippen molar-refractivity contribution in [1.29, 1.82) is 0 Å². The molecule has 1 aliphatic heterocycles. The van der Waals surface area contributed by atoms with Crippen LogP contribution in [0.1, 0.15) is 33.1 Å². The van der Waals surface area contributed by atoms with Crippen LogP contribution in [0.3, 0.4) is 0 Å². The Morgan fingerprint density at radius 2 is 2.00 bits per heavy atom. The molecule has 4 nitrogen and oxygen atoms in total. The summed E-state index contributed by atoms with van der Waals surface area (Å²) in [6, 6.07) is 7.03. The molecule has 2 atom stereocenters. The van der Waals surface area contributed by atoms with Crippen LogP contribution in [0.4, 0.5) is 11.4 Å². The molecule has 3 rings (SSSR count). The Morgan fingerprint density at radius 1 is 1.29 bits per heavy atom. The van der Waals surface area contributed by atoms with Crippen molar-refractivity contribution in [3.63, 3.8) is 0 Å². The third kappa shape index (κ3) is 2.85. The minimum Gasteiger partial charge on any atom is -0.398 e. The highest BCUT2D eigenvalue weighted by Gasteiger charge is 2.25. The zero-order chi connectivity index (χ0) is 15.0. The van der Waals surface area contributed by atoms with Crippen LogP contribution >= 0.6 is 15.9 Å². The zero-order valence-corrected chi connectivity index (χ0v) is 14.0. The summed E-state index contributed by atoms with van der Waals surface area (Å²) in [6.07, 6.45) is 5.57. The van der Waals surface area contributed by atoms with Crippen LogP contribution in [0, 0.1) is 0 Å². The van der Waals surface area contributed by atoms with Crippen molar-refractivity contribution in [2.45, 2.75) is 45.2 Å². The second-order valence-electron chi connectivity index (χ2n) is 5.90. The first kappa shape index (κ1) is 14.6. The van der Waals surface area contributed by atoms with Crippen LogP contribution in [0.25, 0.3) is 10.9 Å². The standard InChI is InChI=1S/C16H21BrN4/c1-10-4-3-5-11(2)21(10)20-15-7-6-14(18)13-8-12(17)9-19-16(13)15/h6-11,20H,3-5,18H2,1-2H3. The van der Waals surface area contributed by atoms with Crippen molar-refractivity contribution in [3.8, 4) is 0 Å². The molecule has 5 heteroatoms. The monoisotopic (exact) mass is 348 g/mol. The minimum atomic E-state index is 0.525. The number of hydrogen-bond donors (Lipinski definition) is 2. The molecule has 0 radical (unpaired) electrons. The average Bonchev–Trinajstić information content (AvgIpc) is 2.45. The molecular formula is C16H21BrN4. The Morgan fingerprint density at radius 3 is 2.71 bits per heavy atom. The van der Waals surface area contributed by atoms with Gasteiger partial charge in [-0.1, -0.05) is 6.42 Å². The molecule has 2 unspecified atom stereocenters. The van der Waals surface area contributed by atoms with Gasteiger partial charge >= 0.3 is 0 Å². The van der Waals surface area contributed by atoms with Crippen LogP contribution in [0.5, 0.6) is 0 Å². The topological polar surface area (TPSA) is 54.2 Å². The third-order valence-corrected chi connectivity index (χ3v) is 4.73. The molecule has 21 heavy (non-hydrogen) atoms. The maximum Gasteiger partial charge on any atom is 0.0968 e. The Hall–Kier alpha value is -1.33. The molecule has 1 aliphatic rings. The number of halogens is 1. The Labute approximate surface area is 133 Å². The van der Waals surface area contributed by atoms with Gasteiger partial charge < -0.3 is 11.2 Å². The summed E-state index contributed by atoms with van der Waals surface area (Å²) in [5.74, 6) is 0. The number of nitrogen functional groups attached to an aromatic ring is 1. The van der Waals surface area contributed by atoms with Crippen LogP contribution in [-0.4, -0.2) is 22.1 Å². The number of hydrogen-bond acceptors (Lipinski definition) is 4. The van der Waals surface area contributed by atoms with Gasteiger partial charge in [0, 0.05) is 33.8 Å². The van der Waals surface area contributed by atoms with Gasteiger partial charge in [-0.15, -0.1) is 0 Å². The summed E-state index contributed by atoms with van der Waals surface area (Å²) in [7, 11) is 0. The van der Waals surface area contributed by atoms with E-state index in [9.17, 15) is 0 Å². The lowest BCUT2D eigenvalue weighted by molar-refractivity contribution is 0.136. The zero-order valence-electron chi connectivity index (χ0n) is 12.4. The summed E-state index contributed by atoms with van der Waals surface area (Å²) in [6.45, 7) is 4.54. The fraction of sp³-hybridized carbons (Fsp3) is 0.438. The SMILES string of the molecule is CC1CCCC(C)N1Nc1ccc(N)c2cc(Br)cnc12. The van der Waals surface area contributed by atoms with Gasteiger partial charge in [-0.3, -0.25) is 4.98 Å². The predicted octanol–water partition coefficient (Wildman–Crippen LogP) is 4.17. The number of hydrazine groups is 1. The quantitative estimate of drug-likeness (QED) is 0.799. The van der Waals surface area contributed by atoms with Gasteiger partial charge in [-0.25, -0.2) is 5.01 Å². The van der Waals surface area contributed by atoms with E-state index in [1.165, 1.54) is 19.3 Å². The highest BCUT2D eigenvalue weighted by Crippen LogP contribution is 2.31. The number of rotatable bonds is 2. The van der Waals surface area contributed by atoms with Gasteiger partial charge in [-0.05, 0) is 60.8 Å². The lowest BCUT2D eigenvalue weighted by atomic mass is 10.00. The molecule has 0 saturated carbocycles. The molecule has 0 amide bonds. The molecule has 0 aliphatic carbocycles. The van der Waals surface area contributed by atoms with E-state index in [1.807, 2.05) is 24.4 Å². The normalized spacial score (nSPS) is 23.4.